The second-order valence-electron chi connectivity index (χ2n) is 4.72. The molecule has 96 valence electrons. The number of aromatic nitrogens is 3. The average molecular weight is 238 g/mol. The van der Waals surface area contributed by atoms with Gasteiger partial charge in [-0.3, -0.25) is 0 Å². The molecule has 2 atom stereocenters. The van der Waals surface area contributed by atoms with Crippen LogP contribution in [0.15, 0.2) is 0 Å². The molecule has 17 heavy (non-hydrogen) atoms. The summed E-state index contributed by atoms with van der Waals surface area (Å²) in [5.41, 5.74) is 0. The van der Waals surface area contributed by atoms with Gasteiger partial charge in [-0.15, -0.1) is 0 Å². The van der Waals surface area contributed by atoms with Crippen molar-refractivity contribution < 1.29 is 4.74 Å². The molecular formula is C12H22N4O. The highest BCUT2D eigenvalue weighted by Gasteiger charge is 2.21. The van der Waals surface area contributed by atoms with Crippen LogP contribution in [0.4, 0.5) is 0 Å². The van der Waals surface area contributed by atoms with E-state index in [0.717, 1.165) is 31.3 Å². The third-order valence-corrected chi connectivity index (χ3v) is 3.28. The Morgan fingerprint density at radius 2 is 2.35 bits per heavy atom. The van der Waals surface area contributed by atoms with Crippen LogP contribution in [0.2, 0.25) is 0 Å². The number of nitrogens with one attached hydrogen (secondary N) is 1. The Hall–Kier alpha value is -0.940. The van der Waals surface area contributed by atoms with Crippen LogP contribution in [-0.2, 0) is 11.3 Å². The van der Waals surface area contributed by atoms with Crippen molar-refractivity contribution in [1.82, 2.24) is 20.1 Å². The maximum atomic E-state index is 5.65. The van der Waals surface area contributed by atoms with Crippen LogP contribution in [0, 0.1) is 13.8 Å². The summed E-state index contributed by atoms with van der Waals surface area (Å²) < 4.78 is 7.60. The van der Waals surface area contributed by atoms with E-state index in [1.807, 2.05) is 18.5 Å². The topological polar surface area (TPSA) is 52.0 Å². The molecule has 0 aliphatic carbocycles. The molecule has 0 bridgehead atoms. The van der Waals surface area contributed by atoms with Gasteiger partial charge in [-0.2, -0.15) is 5.10 Å². The van der Waals surface area contributed by atoms with Gasteiger partial charge in [0.05, 0.1) is 12.6 Å². The lowest BCUT2D eigenvalue weighted by Gasteiger charge is -2.20. The molecule has 5 heteroatoms. The van der Waals surface area contributed by atoms with Gasteiger partial charge in [0.2, 0.25) is 0 Å². The van der Waals surface area contributed by atoms with Crippen molar-refractivity contribution in [3.63, 3.8) is 0 Å². The van der Waals surface area contributed by atoms with E-state index >= 15 is 0 Å². The first-order valence-electron chi connectivity index (χ1n) is 6.40. The molecule has 1 fully saturated rings. The Morgan fingerprint density at radius 1 is 1.53 bits per heavy atom. The normalized spacial score (nSPS) is 21.9. The molecule has 1 aliphatic rings. The summed E-state index contributed by atoms with van der Waals surface area (Å²) in [7, 11) is 0. The molecule has 1 aromatic heterocycles. The molecule has 2 rings (SSSR count). The third kappa shape index (κ3) is 3.26. The van der Waals surface area contributed by atoms with Crippen molar-refractivity contribution in [2.24, 2.45) is 0 Å². The number of rotatable bonds is 5. The molecule has 2 unspecified atom stereocenters. The number of aryl methyl sites for hydroxylation is 2. The predicted octanol–water partition coefficient (Wildman–Crippen LogP) is 1.05. The maximum Gasteiger partial charge on any atom is 0.147 e. The first kappa shape index (κ1) is 12.5. The van der Waals surface area contributed by atoms with Crippen LogP contribution in [-0.4, -0.2) is 40.1 Å². The highest BCUT2D eigenvalue weighted by atomic mass is 16.5. The van der Waals surface area contributed by atoms with Gasteiger partial charge in [-0.25, -0.2) is 9.67 Å². The van der Waals surface area contributed by atoms with E-state index in [4.69, 9.17) is 4.74 Å². The van der Waals surface area contributed by atoms with Crippen molar-refractivity contribution in [3.8, 4) is 0 Å². The van der Waals surface area contributed by atoms with E-state index < -0.39 is 0 Å². The Kier molecular flexibility index (Phi) is 4.12. The van der Waals surface area contributed by atoms with Crippen LogP contribution in [0.25, 0.3) is 0 Å². The van der Waals surface area contributed by atoms with Crippen LogP contribution >= 0.6 is 0 Å². The standard InChI is InChI=1S/C12H22N4O/c1-9(12-5-4-8-17-12)13-6-7-16-11(3)14-10(2)15-16/h9,12-13H,4-8H2,1-3H3. The van der Waals surface area contributed by atoms with Gasteiger partial charge < -0.3 is 10.1 Å². The minimum atomic E-state index is 0.383. The third-order valence-electron chi connectivity index (χ3n) is 3.28. The molecule has 1 aliphatic heterocycles. The lowest BCUT2D eigenvalue weighted by molar-refractivity contribution is 0.0834. The lowest BCUT2D eigenvalue weighted by atomic mass is 10.1. The number of ether oxygens (including phenoxy) is 1. The molecule has 0 saturated carbocycles. The minimum Gasteiger partial charge on any atom is -0.377 e. The zero-order valence-electron chi connectivity index (χ0n) is 10.9. The molecule has 1 saturated heterocycles. The van der Waals surface area contributed by atoms with Gasteiger partial charge in [-0.05, 0) is 33.6 Å². The summed E-state index contributed by atoms with van der Waals surface area (Å²) in [4.78, 5) is 4.29. The summed E-state index contributed by atoms with van der Waals surface area (Å²) in [5, 5.41) is 7.83. The lowest BCUT2D eigenvalue weighted by Crippen LogP contribution is -2.38. The Bertz CT molecular complexity index is 357. The molecule has 5 nitrogen and oxygen atoms in total. The molecule has 2 heterocycles. The fraction of sp³-hybridized carbons (Fsp3) is 0.833. The predicted molar refractivity (Wildman–Crippen MR) is 65.9 cm³/mol. The van der Waals surface area contributed by atoms with E-state index in [1.165, 1.54) is 12.8 Å². The van der Waals surface area contributed by atoms with Gasteiger partial charge in [0.1, 0.15) is 11.6 Å². The molecule has 0 aromatic carbocycles. The van der Waals surface area contributed by atoms with E-state index in [0.29, 0.717) is 12.1 Å². The van der Waals surface area contributed by atoms with Crippen LogP contribution in [0.5, 0.6) is 0 Å². The highest BCUT2D eigenvalue weighted by Crippen LogP contribution is 2.15. The van der Waals surface area contributed by atoms with Crippen LogP contribution in [0.1, 0.15) is 31.4 Å². The number of nitrogens with zero attached hydrogens (tertiary/aromatic N) is 3. The van der Waals surface area contributed by atoms with Gasteiger partial charge in [-0.1, -0.05) is 0 Å². The Morgan fingerprint density at radius 3 is 2.94 bits per heavy atom. The molecule has 0 spiro atoms. The minimum absolute atomic E-state index is 0.383. The molecule has 0 amide bonds. The summed E-state index contributed by atoms with van der Waals surface area (Å²) in [6, 6.07) is 0.419. The number of hydrogen-bond acceptors (Lipinski definition) is 4. The Labute approximate surface area is 103 Å². The zero-order chi connectivity index (χ0) is 12.3. The van der Waals surface area contributed by atoms with E-state index in [-0.39, 0.29) is 0 Å². The van der Waals surface area contributed by atoms with E-state index in [1.54, 1.807) is 0 Å². The summed E-state index contributed by atoms with van der Waals surface area (Å²) >= 11 is 0. The number of hydrogen-bond donors (Lipinski definition) is 1. The zero-order valence-corrected chi connectivity index (χ0v) is 10.9. The fourth-order valence-corrected chi connectivity index (χ4v) is 2.30. The van der Waals surface area contributed by atoms with Crippen LogP contribution < -0.4 is 5.32 Å². The fourth-order valence-electron chi connectivity index (χ4n) is 2.30. The Balaban J connectivity index is 1.73. The second-order valence-corrected chi connectivity index (χ2v) is 4.72. The van der Waals surface area contributed by atoms with Gasteiger partial charge in [0.25, 0.3) is 0 Å². The SMILES string of the molecule is Cc1nc(C)n(CCNC(C)C2CCCO2)n1. The summed E-state index contributed by atoms with van der Waals surface area (Å²) in [6.45, 7) is 8.79. The highest BCUT2D eigenvalue weighted by molar-refractivity contribution is 4.87. The second kappa shape index (κ2) is 5.60. The maximum absolute atomic E-state index is 5.65. The van der Waals surface area contributed by atoms with Crippen molar-refractivity contribution in [2.45, 2.75) is 52.3 Å². The first-order chi connectivity index (χ1) is 8.16. The largest absolute Gasteiger partial charge is 0.377 e. The van der Waals surface area contributed by atoms with Crippen molar-refractivity contribution in [1.29, 1.82) is 0 Å². The molecular weight excluding hydrogens is 216 g/mol. The molecule has 0 radical (unpaired) electrons. The van der Waals surface area contributed by atoms with Crippen molar-refractivity contribution in [3.05, 3.63) is 11.6 Å². The van der Waals surface area contributed by atoms with E-state index in [2.05, 4.69) is 22.3 Å². The molecule has 1 N–H and O–H groups in total. The van der Waals surface area contributed by atoms with Crippen molar-refractivity contribution >= 4 is 0 Å². The summed E-state index contributed by atoms with van der Waals surface area (Å²) in [6.07, 6.45) is 2.75. The van der Waals surface area contributed by atoms with Gasteiger partial charge >= 0.3 is 0 Å². The van der Waals surface area contributed by atoms with Gasteiger partial charge in [0, 0.05) is 19.2 Å². The smallest absolute Gasteiger partial charge is 0.147 e. The monoisotopic (exact) mass is 238 g/mol. The first-order valence-corrected chi connectivity index (χ1v) is 6.40. The van der Waals surface area contributed by atoms with Crippen LogP contribution in [0.3, 0.4) is 0 Å². The van der Waals surface area contributed by atoms with Crippen molar-refractivity contribution in [2.75, 3.05) is 13.2 Å². The molecule has 1 aromatic rings. The summed E-state index contributed by atoms with van der Waals surface area (Å²) in [5.74, 6) is 1.82. The average Bonchev–Trinajstić information content (AvgIpc) is 2.89. The van der Waals surface area contributed by atoms with E-state index in [9.17, 15) is 0 Å². The van der Waals surface area contributed by atoms with Gasteiger partial charge in [0.15, 0.2) is 0 Å². The quantitative estimate of drug-likeness (QED) is 0.833.